The van der Waals surface area contributed by atoms with Crippen molar-refractivity contribution in [2.24, 2.45) is 0 Å². The van der Waals surface area contributed by atoms with Gasteiger partial charge in [0.25, 0.3) is 0 Å². The predicted octanol–water partition coefficient (Wildman–Crippen LogP) is 18.7. The molecule has 4 aliphatic rings. The molecule has 5 heteroatoms. The average molecular weight is 1350 g/mol. The van der Waals surface area contributed by atoms with E-state index in [4.69, 9.17) is 0 Å². The van der Waals surface area contributed by atoms with E-state index in [-0.39, 0.29) is 73.4 Å². The molecule has 0 saturated carbocycles. The Kier molecular flexibility index (Phi) is 18.7. The smallest absolute Gasteiger partial charge is 1.00 e. The molecule has 0 radical (unpaired) electrons. The van der Waals surface area contributed by atoms with Gasteiger partial charge in [-0.25, -0.2) is 0 Å². The fraction of sp³-hybridized carbons (Fsp3) is 0.0455. The standard InChI is InChI=1S/C63H40O.C12H9Br.C12H9.CH4.BrH.2Mg.2H/c64-63(54-35-17-4-22-41(54)40-20-2-1-3-21-40,57-38-18-36-55-59(57)46-27-9-15-33-52(46)61(55)48-29-11-5-23-42(48)43-24-6-12-30-49(43)61)58-39-19-37-56-60(58)47-28-10-16-34-53(47)62(56)50-31-13-7-25-44(50)45-26-8-14-32-51(45)62;13-12-9-5-4-8-11(12)10-6-2-1-3-7-10;1-3-7-11(8-4-1)12-9-5-2-6-10-12;;;;;;/h1-39,64H;1-9H;1-9H;1H4;1H;;;;/q;;-1;;;2*+2;2*-1/p-1. The van der Waals surface area contributed by atoms with Crippen LogP contribution in [-0.4, -0.2) is 51.2 Å². The topological polar surface area (TPSA) is 20.2 Å². The van der Waals surface area contributed by atoms with Gasteiger partial charge in [0.1, 0.15) is 5.60 Å². The van der Waals surface area contributed by atoms with Crippen LogP contribution >= 0.6 is 15.9 Å². The zero-order chi connectivity index (χ0) is 59.5. The molecular weight excluding hydrogens is 1280 g/mol. The van der Waals surface area contributed by atoms with Crippen LogP contribution in [0.2, 0.25) is 0 Å². The van der Waals surface area contributed by atoms with E-state index < -0.39 is 16.4 Å². The van der Waals surface area contributed by atoms with E-state index in [0.717, 1.165) is 60.1 Å². The third kappa shape index (κ3) is 10.2. The fourth-order valence-electron chi connectivity index (χ4n) is 15.5. The first-order valence-corrected chi connectivity index (χ1v) is 31.4. The van der Waals surface area contributed by atoms with Gasteiger partial charge in [-0.05, 0) is 117 Å². The monoisotopic (exact) mass is 1340 g/mol. The minimum Gasteiger partial charge on any atom is -1.00 e. The normalized spacial score (nSPS) is 12.7. The van der Waals surface area contributed by atoms with Crippen LogP contribution in [0.5, 0.6) is 0 Å². The molecule has 0 fully saturated rings. The van der Waals surface area contributed by atoms with Crippen molar-refractivity contribution in [1.82, 2.24) is 0 Å². The van der Waals surface area contributed by atoms with Crippen molar-refractivity contribution in [2.45, 2.75) is 23.9 Å². The van der Waals surface area contributed by atoms with Gasteiger partial charge in [-0.2, -0.15) is 0 Å². The van der Waals surface area contributed by atoms with Gasteiger partial charge in [-0.1, -0.05) is 344 Å². The quantitative estimate of drug-likeness (QED) is 0.0999. The van der Waals surface area contributed by atoms with Crippen LogP contribution in [0.1, 0.15) is 71.5 Å². The molecule has 14 aromatic rings. The number of fused-ring (bicyclic) bond motifs is 20. The molecule has 14 aromatic carbocycles. The Balaban J connectivity index is 0.000000266. The Bertz CT molecular complexity index is 4700. The molecule has 0 bridgehead atoms. The van der Waals surface area contributed by atoms with Gasteiger partial charge in [0.05, 0.1) is 10.8 Å². The Morgan fingerprint density at radius 1 is 0.280 bits per heavy atom. The summed E-state index contributed by atoms with van der Waals surface area (Å²) in [5.41, 5.74) is 26.2. The Hall–Kier alpha value is -8.47. The van der Waals surface area contributed by atoms with Crippen molar-refractivity contribution >= 4 is 62.0 Å². The van der Waals surface area contributed by atoms with E-state index in [9.17, 15) is 0 Å². The van der Waals surface area contributed by atoms with Crippen LogP contribution in [0.25, 0.3) is 77.9 Å². The van der Waals surface area contributed by atoms with Crippen molar-refractivity contribution in [1.29, 1.82) is 0 Å². The van der Waals surface area contributed by atoms with Crippen molar-refractivity contribution in [3.63, 3.8) is 0 Å². The van der Waals surface area contributed by atoms with Gasteiger partial charge in [-0.3, -0.25) is 0 Å². The molecule has 93 heavy (non-hydrogen) atoms. The van der Waals surface area contributed by atoms with Gasteiger partial charge < -0.3 is 24.9 Å². The molecule has 2 spiro atoms. The number of hydrogen-bond acceptors (Lipinski definition) is 1. The van der Waals surface area contributed by atoms with Crippen LogP contribution in [-0.2, 0) is 16.4 Å². The second-order valence-electron chi connectivity index (χ2n) is 23.3. The molecule has 1 N–H and O–H groups in total. The summed E-state index contributed by atoms with van der Waals surface area (Å²) in [6, 6.07) is 126. The Morgan fingerprint density at radius 2 is 0.570 bits per heavy atom. The van der Waals surface area contributed by atoms with Gasteiger partial charge in [0, 0.05) is 21.2 Å². The third-order valence-corrected chi connectivity index (χ3v) is 19.7. The number of rotatable bonds is 6. The molecule has 0 saturated heterocycles. The fourth-order valence-corrected chi connectivity index (χ4v) is 16.0. The summed E-state index contributed by atoms with van der Waals surface area (Å²) in [4.78, 5) is 0. The molecular formula is C88H64Br2Mg2O. The summed E-state index contributed by atoms with van der Waals surface area (Å²) in [6.45, 7) is 0. The first-order valence-electron chi connectivity index (χ1n) is 30.6. The maximum absolute atomic E-state index is 15.1. The van der Waals surface area contributed by atoms with Crippen LogP contribution in [0, 0.1) is 6.07 Å². The van der Waals surface area contributed by atoms with Crippen LogP contribution in [0.4, 0.5) is 0 Å². The number of halogens is 2. The van der Waals surface area contributed by atoms with Gasteiger partial charge >= 0.3 is 46.1 Å². The van der Waals surface area contributed by atoms with E-state index in [2.05, 4.69) is 313 Å². The maximum atomic E-state index is 15.1. The zero-order valence-corrected chi connectivity index (χ0v) is 56.5. The first-order chi connectivity index (χ1) is 44.0. The van der Waals surface area contributed by atoms with Crippen molar-refractivity contribution in [3.8, 4) is 77.9 Å². The van der Waals surface area contributed by atoms with Crippen LogP contribution in [0.3, 0.4) is 0 Å². The number of aliphatic hydroxyl groups is 1. The van der Waals surface area contributed by atoms with Crippen molar-refractivity contribution < 1.29 is 24.9 Å². The van der Waals surface area contributed by atoms with E-state index in [1.807, 2.05) is 54.6 Å². The van der Waals surface area contributed by atoms with E-state index >= 15 is 5.11 Å². The summed E-state index contributed by atoms with van der Waals surface area (Å²) < 4.78 is 1.14. The molecule has 0 atom stereocenters. The Morgan fingerprint density at radius 3 is 0.968 bits per heavy atom. The summed E-state index contributed by atoms with van der Waals surface area (Å²) in [7, 11) is 0. The largest absolute Gasteiger partial charge is 2.00 e. The van der Waals surface area contributed by atoms with E-state index in [1.165, 1.54) is 83.5 Å². The van der Waals surface area contributed by atoms with Crippen LogP contribution < -0.4 is 17.0 Å². The molecule has 440 valence electrons. The summed E-state index contributed by atoms with van der Waals surface area (Å²) >= 11 is 3.53. The SMILES string of the molecule is Brc1ccccc1-c1ccccc1.C.OC(c1ccccc1-c1ccccc1)(c1cccc2c1-c1ccccc1C21c2ccccc2-c2ccccc21)c1cccc2c1-c1ccccc1C21c2ccccc2-c2ccccc21.[Br-].[H-].[H-].[Mg+2].[Mg+2].[c-]1ccccc1-c1ccccc1. The third-order valence-electron chi connectivity index (χ3n) is 19.0. The van der Waals surface area contributed by atoms with Crippen LogP contribution in [0.15, 0.2) is 350 Å². The van der Waals surface area contributed by atoms with Gasteiger partial charge in [-0.15, -0.1) is 35.9 Å². The predicted molar refractivity (Wildman–Crippen MR) is 390 cm³/mol. The minimum absolute atomic E-state index is 0. The molecule has 4 aliphatic carbocycles. The van der Waals surface area contributed by atoms with E-state index in [1.54, 1.807) is 0 Å². The number of benzene rings is 14. The zero-order valence-electron chi connectivity index (χ0n) is 52.5. The van der Waals surface area contributed by atoms with Crippen molar-refractivity contribution in [2.75, 3.05) is 0 Å². The second-order valence-corrected chi connectivity index (χ2v) is 24.2. The van der Waals surface area contributed by atoms with E-state index in [0.29, 0.717) is 0 Å². The minimum atomic E-state index is -1.64. The first kappa shape index (κ1) is 64.6. The molecule has 0 heterocycles. The van der Waals surface area contributed by atoms with Gasteiger partial charge in [0.15, 0.2) is 0 Å². The molecule has 0 unspecified atom stereocenters. The number of hydrogen-bond donors (Lipinski definition) is 1. The summed E-state index contributed by atoms with van der Waals surface area (Å²) in [5, 5.41) is 15.1. The second kappa shape index (κ2) is 26.9. The maximum Gasteiger partial charge on any atom is 2.00 e. The molecule has 0 aromatic heterocycles. The van der Waals surface area contributed by atoms with Crippen molar-refractivity contribution in [3.05, 3.63) is 418 Å². The molecule has 18 rings (SSSR count). The molecule has 0 amide bonds. The summed E-state index contributed by atoms with van der Waals surface area (Å²) in [6.07, 6.45) is 0. The molecule has 0 aliphatic heterocycles. The Labute approximate surface area is 600 Å². The average Bonchev–Trinajstić information content (AvgIpc) is 1.51. The van der Waals surface area contributed by atoms with Gasteiger partial charge in [0.2, 0.25) is 0 Å². The molecule has 1 nitrogen and oxygen atoms in total. The summed E-state index contributed by atoms with van der Waals surface area (Å²) in [5.74, 6) is 0.